The van der Waals surface area contributed by atoms with E-state index in [9.17, 15) is 9.59 Å². The molecule has 0 aliphatic carbocycles. The number of ether oxygens (including phenoxy) is 1. The molecule has 8 heteroatoms. The molecular weight excluding hydrogens is 384 g/mol. The maximum absolute atomic E-state index is 12.7. The molecule has 0 saturated carbocycles. The minimum atomic E-state index is -0.440. The van der Waals surface area contributed by atoms with Gasteiger partial charge in [-0.25, -0.2) is 19.3 Å². The van der Waals surface area contributed by atoms with E-state index >= 15 is 0 Å². The number of rotatable bonds is 7. The molecule has 0 atom stereocenters. The van der Waals surface area contributed by atoms with Crippen LogP contribution in [0.25, 0.3) is 16.9 Å². The van der Waals surface area contributed by atoms with E-state index in [0.29, 0.717) is 29.9 Å². The number of nitrogens with zero attached hydrogens (tertiary/aromatic N) is 4. The Hall–Kier alpha value is -3.68. The number of para-hydroxylation sites is 2. The number of benzene rings is 1. The SMILES string of the molecule is CC(C)c1c(C(=O)OCCCn2c(=O)oc3ccccc32)cnn1-c1ccccn1. The van der Waals surface area contributed by atoms with E-state index in [4.69, 9.17) is 9.15 Å². The standard InChI is InChI=1S/C22H22N4O4/c1-15(2)20-16(14-24-26(20)19-10-5-6-11-23-19)21(27)29-13-7-12-25-17-8-3-4-9-18(17)30-22(25)28/h3-6,8-11,14-15H,7,12-13H2,1-2H3. The van der Waals surface area contributed by atoms with E-state index in [2.05, 4.69) is 10.1 Å². The lowest BCUT2D eigenvalue weighted by atomic mass is 10.1. The number of carbonyl (C=O) groups is 1. The molecule has 4 aromatic rings. The molecular formula is C22H22N4O4. The Balaban J connectivity index is 1.44. The first-order valence-electron chi connectivity index (χ1n) is 9.81. The Morgan fingerprint density at radius 2 is 1.97 bits per heavy atom. The lowest BCUT2D eigenvalue weighted by Gasteiger charge is -2.12. The van der Waals surface area contributed by atoms with Gasteiger partial charge in [-0.1, -0.05) is 32.0 Å². The maximum Gasteiger partial charge on any atom is 0.419 e. The molecule has 30 heavy (non-hydrogen) atoms. The number of fused-ring (bicyclic) bond motifs is 1. The largest absolute Gasteiger partial charge is 0.462 e. The Labute approximate surface area is 172 Å². The molecule has 0 fully saturated rings. The van der Waals surface area contributed by atoms with Crippen molar-refractivity contribution in [3.63, 3.8) is 0 Å². The summed E-state index contributed by atoms with van der Waals surface area (Å²) in [7, 11) is 0. The zero-order valence-electron chi connectivity index (χ0n) is 16.8. The molecule has 8 nitrogen and oxygen atoms in total. The van der Waals surface area contributed by atoms with Gasteiger partial charge in [0.25, 0.3) is 0 Å². The normalized spacial score (nSPS) is 11.3. The van der Waals surface area contributed by atoms with Crippen LogP contribution in [0, 0.1) is 0 Å². The van der Waals surface area contributed by atoms with E-state index in [1.165, 1.54) is 6.20 Å². The van der Waals surface area contributed by atoms with Gasteiger partial charge in [-0.05, 0) is 36.6 Å². The zero-order valence-corrected chi connectivity index (χ0v) is 16.8. The van der Waals surface area contributed by atoms with E-state index in [-0.39, 0.29) is 12.5 Å². The van der Waals surface area contributed by atoms with Crippen molar-refractivity contribution in [1.82, 2.24) is 19.3 Å². The van der Waals surface area contributed by atoms with Gasteiger partial charge in [-0.3, -0.25) is 4.57 Å². The monoisotopic (exact) mass is 406 g/mol. The molecule has 0 radical (unpaired) electrons. The van der Waals surface area contributed by atoms with Gasteiger partial charge in [0.2, 0.25) is 0 Å². The lowest BCUT2D eigenvalue weighted by Crippen LogP contribution is -2.17. The number of esters is 1. The van der Waals surface area contributed by atoms with Gasteiger partial charge in [0.1, 0.15) is 5.56 Å². The summed E-state index contributed by atoms with van der Waals surface area (Å²) in [5.41, 5.74) is 2.44. The smallest absolute Gasteiger partial charge is 0.419 e. The first-order valence-corrected chi connectivity index (χ1v) is 9.81. The average molecular weight is 406 g/mol. The van der Waals surface area contributed by atoms with Crippen LogP contribution in [0.3, 0.4) is 0 Å². The van der Waals surface area contributed by atoms with E-state index in [1.54, 1.807) is 21.5 Å². The number of oxazole rings is 1. The van der Waals surface area contributed by atoms with Crippen LogP contribution in [0.1, 0.15) is 42.2 Å². The van der Waals surface area contributed by atoms with Gasteiger partial charge in [0.05, 0.1) is 24.0 Å². The van der Waals surface area contributed by atoms with Crippen LogP contribution in [0.5, 0.6) is 0 Å². The van der Waals surface area contributed by atoms with E-state index in [0.717, 1.165) is 11.2 Å². The second kappa shape index (κ2) is 8.36. The van der Waals surface area contributed by atoms with Gasteiger partial charge < -0.3 is 9.15 Å². The Bertz CT molecular complexity index is 1220. The van der Waals surface area contributed by atoms with Gasteiger partial charge in [-0.2, -0.15) is 5.10 Å². The first-order chi connectivity index (χ1) is 14.6. The average Bonchev–Trinajstić information content (AvgIpc) is 3.33. The van der Waals surface area contributed by atoms with Gasteiger partial charge in [0.15, 0.2) is 11.4 Å². The van der Waals surface area contributed by atoms with Crippen molar-refractivity contribution in [3.05, 3.63) is 76.7 Å². The first kappa shape index (κ1) is 19.6. The highest BCUT2D eigenvalue weighted by Crippen LogP contribution is 2.23. The topological polar surface area (TPSA) is 92.1 Å². The Kier molecular flexibility index (Phi) is 5.47. The highest BCUT2D eigenvalue weighted by Gasteiger charge is 2.22. The van der Waals surface area contributed by atoms with Crippen molar-refractivity contribution in [2.24, 2.45) is 0 Å². The van der Waals surface area contributed by atoms with Crippen molar-refractivity contribution >= 4 is 17.1 Å². The number of hydrogen-bond acceptors (Lipinski definition) is 6. The van der Waals surface area contributed by atoms with Crippen molar-refractivity contribution < 1.29 is 13.9 Å². The third-order valence-electron chi connectivity index (χ3n) is 4.77. The van der Waals surface area contributed by atoms with Crippen LogP contribution in [0.2, 0.25) is 0 Å². The summed E-state index contributed by atoms with van der Waals surface area (Å²) in [5.74, 6) is -0.161. The second-order valence-corrected chi connectivity index (χ2v) is 7.17. The number of hydrogen-bond donors (Lipinski definition) is 0. The molecule has 0 aliphatic heterocycles. The summed E-state index contributed by atoms with van der Waals surface area (Å²) in [4.78, 5) is 29.0. The summed E-state index contributed by atoms with van der Waals surface area (Å²) in [6, 6.07) is 12.8. The number of pyridine rings is 1. The molecule has 3 aromatic heterocycles. The van der Waals surface area contributed by atoms with Crippen molar-refractivity contribution in [2.75, 3.05) is 6.61 Å². The molecule has 0 bridgehead atoms. The molecule has 0 unspecified atom stereocenters. The third kappa shape index (κ3) is 3.76. The fourth-order valence-corrected chi connectivity index (χ4v) is 3.42. The van der Waals surface area contributed by atoms with Gasteiger partial charge >= 0.3 is 11.7 Å². The fourth-order valence-electron chi connectivity index (χ4n) is 3.42. The van der Waals surface area contributed by atoms with Crippen molar-refractivity contribution in [1.29, 1.82) is 0 Å². The minimum absolute atomic E-state index is 0.0490. The molecule has 3 heterocycles. The van der Waals surface area contributed by atoms with Gasteiger partial charge in [0, 0.05) is 12.7 Å². The molecule has 0 amide bonds. The highest BCUT2D eigenvalue weighted by atomic mass is 16.5. The van der Waals surface area contributed by atoms with E-state index < -0.39 is 11.7 Å². The quantitative estimate of drug-likeness (QED) is 0.344. The fraction of sp³-hybridized carbons (Fsp3) is 0.273. The molecule has 0 spiro atoms. The summed E-state index contributed by atoms with van der Waals surface area (Å²) < 4.78 is 13.9. The molecule has 0 N–H and O–H groups in total. The molecule has 0 saturated heterocycles. The van der Waals surface area contributed by atoms with Crippen LogP contribution < -0.4 is 5.76 Å². The predicted molar refractivity (Wildman–Crippen MR) is 111 cm³/mol. The number of aromatic nitrogens is 4. The van der Waals surface area contributed by atoms with Crippen LogP contribution in [-0.2, 0) is 11.3 Å². The molecule has 154 valence electrons. The minimum Gasteiger partial charge on any atom is -0.462 e. The second-order valence-electron chi connectivity index (χ2n) is 7.17. The Morgan fingerprint density at radius 3 is 2.73 bits per heavy atom. The van der Waals surface area contributed by atoms with Crippen molar-refractivity contribution in [2.45, 2.75) is 32.7 Å². The van der Waals surface area contributed by atoms with Crippen LogP contribution in [0.4, 0.5) is 0 Å². The number of carbonyl (C=O) groups excluding carboxylic acids is 1. The van der Waals surface area contributed by atoms with Crippen LogP contribution >= 0.6 is 0 Å². The molecule has 0 aliphatic rings. The van der Waals surface area contributed by atoms with Crippen molar-refractivity contribution in [3.8, 4) is 5.82 Å². The maximum atomic E-state index is 12.7. The highest BCUT2D eigenvalue weighted by molar-refractivity contribution is 5.90. The predicted octanol–water partition coefficient (Wildman–Crippen LogP) is 3.55. The lowest BCUT2D eigenvalue weighted by molar-refractivity contribution is 0.0494. The molecule has 4 rings (SSSR count). The molecule has 1 aromatic carbocycles. The van der Waals surface area contributed by atoms with Gasteiger partial charge in [-0.15, -0.1) is 0 Å². The summed E-state index contributed by atoms with van der Waals surface area (Å²) in [5, 5.41) is 4.34. The summed E-state index contributed by atoms with van der Waals surface area (Å²) in [6.07, 6.45) is 3.68. The van der Waals surface area contributed by atoms with Crippen LogP contribution in [-0.4, -0.2) is 31.9 Å². The van der Waals surface area contributed by atoms with E-state index in [1.807, 2.05) is 50.2 Å². The third-order valence-corrected chi connectivity index (χ3v) is 4.77. The summed E-state index contributed by atoms with van der Waals surface area (Å²) in [6.45, 7) is 4.55. The zero-order chi connectivity index (χ0) is 21.1. The Morgan fingerprint density at radius 1 is 1.17 bits per heavy atom. The summed E-state index contributed by atoms with van der Waals surface area (Å²) >= 11 is 0. The number of aryl methyl sites for hydroxylation is 1. The van der Waals surface area contributed by atoms with Crippen LogP contribution in [0.15, 0.2) is 64.1 Å².